The molecule has 11 nitrogen and oxygen atoms in total. The maximum absolute atomic E-state index is 11.9. The van der Waals surface area contributed by atoms with Gasteiger partial charge in [-0.25, -0.2) is 10.4 Å². The summed E-state index contributed by atoms with van der Waals surface area (Å²) in [7, 11) is 0. The van der Waals surface area contributed by atoms with Crippen LogP contribution in [0.1, 0.15) is 21.2 Å². The number of aromatic hydroxyl groups is 1. The minimum absolute atomic E-state index is 0.0347. The van der Waals surface area contributed by atoms with Gasteiger partial charge in [-0.05, 0) is 18.2 Å². The normalized spacial score (nSPS) is 10.9. The van der Waals surface area contributed by atoms with Gasteiger partial charge in [-0.3, -0.25) is 20.0 Å². The number of nitrogens with one attached hydrogen (secondary N) is 3. The second-order valence-electron chi connectivity index (χ2n) is 4.96. The number of H-pyrrole nitrogens is 1. The number of benzene rings is 1. The van der Waals surface area contributed by atoms with Crippen molar-refractivity contribution in [3.8, 4) is 5.75 Å². The van der Waals surface area contributed by atoms with Gasteiger partial charge in [0.1, 0.15) is 17.1 Å². The molecule has 0 aliphatic rings. The average Bonchev–Trinajstić information content (AvgIpc) is 3.30. The number of halogens is 1. The highest BCUT2D eigenvalue weighted by molar-refractivity contribution is 9.10. The van der Waals surface area contributed by atoms with E-state index in [1.807, 2.05) is 0 Å². The summed E-state index contributed by atoms with van der Waals surface area (Å²) in [4.78, 5) is 27.4. The summed E-state index contributed by atoms with van der Waals surface area (Å²) in [5, 5.41) is 30.2. The maximum atomic E-state index is 11.9. The van der Waals surface area contributed by atoms with Gasteiger partial charge < -0.3 is 5.11 Å². The number of hydrogen-bond acceptors (Lipinski definition) is 9. The molecular weight excluding hydrogens is 440 g/mol. The van der Waals surface area contributed by atoms with E-state index in [0.29, 0.717) is 10.6 Å². The molecule has 2 aromatic heterocycles. The lowest BCUT2D eigenvalue weighted by Gasteiger charge is -2.00. The molecule has 0 fully saturated rings. The monoisotopic (exact) mass is 450 g/mol. The molecule has 0 aliphatic carbocycles. The first-order valence-electron chi connectivity index (χ1n) is 7.31. The summed E-state index contributed by atoms with van der Waals surface area (Å²) in [5.74, 6) is -0.870. The Balaban J connectivity index is 1.52. The van der Waals surface area contributed by atoms with Crippen LogP contribution in [0.15, 0.2) is 34.1 Å². The maximum Gasteiger partial charge on any atom is 0.294 e. The summed E-state index contributed by atoms with van der Waals surface area (Å²) >= 11 is 4.33. The Kier molecular flexibility index (Phi) is 5.83. The standard InChI is InChI=1S/C14H11BrN8O3S/c15-8-1-2-9(24)7(3-8)5-17-20-10(25)4-11-21-23-14(27-11)19-13(26)12-16-6-18-22-12/h1-3,5-6,24H,4H2,(H,20,25)(H,16,18,22)(H,19,23,26)/b17-5-. The molecule has 0 unspecified atom stereocenters. The van der Waals surface area contributed by atoms with Crippen LogP contribution in [-0.2, 0) is 11.2 Å². The number of anilines is 1. The van der Waals surface area contributed by atoms with Crippen LogP contribution in [0.5, 0.6) is 5.75 Å². The minimum atomic E-state index is -0.516. The van der Waals surface area contributed by atoms with Gasteiger partial charge in [0.25, 0.3) is 5.91 Å². The van der Waals surface area contributed by atoms with Crippen molar-refractivity contribution in [3.63, 3.8) is 0 Å². The van der Waals surface area contributed by atoms with E-state index in [4.69, 9.17) is 0 Å². The van der Waals surface area contributed by atoms with Gasteiger partial charge in [0, 0.05) is 10.0 Å². The number of rotatable bonds is 6. The fourth-order valence-corrected chi connectivity index (χ4v) is 2.94. The van der Waals surface area contributed by atoms with Crippen molar-refractivity contribution < 1.29 is 14.7 Å². The van der Waals surface area contributed by atoms with E-state index in [1.54, 1.807) is 12.1 Å². The van der Waals surface area contributed by atoms with Crippen molar-refractivity contribution in [3.05, 3.63) is 45.4 Å². The molecular formula is C14H11BrN8O3S. The van der Waals surface area contributed by atoms with Gasteiger partial charge in [0.05, 0.1) is 12.6 Å². The SMILES string of the molecule is O=C(Cc1nnc(NC(=O)c2ncn[nH]2)s1)N/N=C\c1cc(Br)ccc1O. The second kappa shape index (κ2) is 8.46. The average molecular weight is 451 g/mol. The van der Waals surface area contributed by atoms with Gasteiger partial charge in [-0.2, -0.15) is 10.2 Å². The predicted molar refractivity (Wildman–Crippen MR) is 99.5 cm³/mol. The molecule has 138 valence electrons. The molecule has 2 heterocycles. The minimum Gasteiger partial charge on any atom is -0.507 e. The molecule has 0 atom stereocenters. The van der Waals surface area contributed by atoms with Crippen molar-refractivity contribution in [2.45, 2.75) is 6.42 Å². The van der Waals surface area contributed by atoms with Gasteiger partial charge in [0.15, 0.2) is 0 Å². The lowest BCUT2D eigenvalue weighted by atomic mass is 10.2. The van der Waals surface area contributed by atoms with E-state index < -0.39 is 11.8 Å². The largest absolute Gasteiger partial charge is 0.507 e. The number of carbonyl (C=O) groups is 2. The number of aromatic nitrogens is 5. The van der Waals surface area contributed by atoms with E-state index in [1.165, 1.54) is 18.6 Å². The number of nitrogens with zero attached hydrogens (tertiary/aromatic N) is 5. The Morgan fingerprint density at radius 3 is 3.00 bits per heavy atom. The number of hydrazone groups is 1. The summed E-state index contributed by atoms with van der Waals surface area (Å²) in [6, 6.07) is 4.84. The van der Waals surface area contributed by atoms with Crippen LogP contribution in [-0.4, -0.2) is 48.5 Å². The van der Waals surface area contributed by atoms with Crippen LogP contribution in [0.25, 0.3) is 0 Å². The Bertz CT molecular complexity index is 988. The van der Waals surface area contributed by atoms with Crippen LogP contribution < -0.4 is 10.7 Å². The lowest BCUT2D eigenvalue weighted by molar-refractivity contribution is -0.120. The summed E-state index contributed by atoms with van der Waals surface area (Å²) in [5.41, 5.74) is 2.77. The molecule has 1 aromatic carbocycles. The van der Waals surface area contributed by atoms with Crippen molar-refractivity contribution in [1.82, 2.24) is 30.8 Å². The molecule has 3 aromatic rings. The lowest BCUT2D eigenvalue weighted by Crippen LogP contribution is -2.19. The Morgan fingerprint density at radius 2 is 2.22 bits per heavy atom. The van der Waals surface area contributed by atoms with Crippen LogP contribution >= 0.6 is 27.3 Å². The number of amides is 2. The van der Waals surface area contributed by atoms with Crippen LogP contribution in [0.2, 0.25) is 0 Å². The highest BCUT2D eigenvalue weighted by Gasteiger charge is 2.14. The predicted octanol–water partition coefficient (Wildman–Crippen LogP) is 1.07. The zero-order valence-electron chi connectivity index (χ0n) is 13.4. The van der Waals surface area contributed by atoms with E-state index in [2.05, 4.69) is 57.2 Å². The molecule has 4 N–H and O–H groups in total. The van der Waals surface area contributed by atoms with Crippen molar-refractivity contribution in [2.24, 2.45) is 5.10 Å². The van der Waals surface area contributed by atoms with E-state index >= 15 is 0 Å². The first kappa shape index (κ1) is 18.6. The molecule has 0 saturated heterocycles. The Hall–Kier alpha value is -3.19. The molecule has 3 rings (SSSR count). The van der Waals surface area contributed by atoms with Crippen molar-refractivity contribution >= 4 is 50.4 Å². The highest BCUT2D eigenvalue weighted by Crippen LogP contribution is 2.20. The fourth-order valence-electron chi connectivity index (χ4n) is 1.83. The van der Waals surface area contributed by atoms with E-state index in [0.717, 1.165) is 15.8 Å². The number of aromatic amines is 1. The van der Waals surface area contributed by atoms with Crippen LogP contribution in [0.3, 0.4) is 0 Å². The molecule has 0 bridgehead atoms. The Labute approximate surface area is 164 Å². The van der Waals surface area contributed by atoms with Crippen molar-refractivity contribution in [1.29, 1.82) is 0 Å². The van der Waals surface area contributed by atoms with Gasteiger partial charge in [0.2, 0.25) is 16.9 Å². The fraction of sp³-hybridized carbons (Fsp3) is 0.0714. The van der Waals surface area contributed by atoms with Gasteiger partial charge in [-0.15, -0.1) is 10.2 Å². The first-order chi connectivity index (χ1) is 13.0. The van der Waals surface area contributed by atoms with E-state index in [-0.39, 0.29) is 23.1 Å². The number of phenols is 1. The molecule has 0 spiro atoms. The quantitative estimate of drug-likeness (QED) is 0.322. The summed E-state index contributed by atoms with van der Waals surface area (Å²) in [6.07, 6.45) is 2.46. The summed E-state index contributed by atoms with van der Waals surface area (Å²) in [6.45, 7) is 0. The second-order valence-corrected chi connectivity index (χ2v) is 6.94. The van der Waals surface area contributed by atoms with Crippen molar-refractivity contribution in [2.75, 3.05) is 5.32 Å². The third-order valence-electron chi connectivity index (χ3n) is 3.01. The molecule has 27 heavy (non-hydrogen) atoms. The molecule has 0 aliphatic heterocycles. The zero-order valence-corrected chi connectivity index (χ0v) is 15.8. The van der Waals surface area contributed by atoms with E-state index in [9.17, 15) is 14.7 Å². The highest BCUT2D eigenvalue weighted by atomic mass is 79.9. The third kappa shape index (κ3) is 5.15. The number of carbonyl (C=O) groups excluding carboxylic acids is 2. The zero-order chi connectivity index (χ0) is 19.2. The van der Waals surface area contributed by atoms with Gasteiger partial charge >= 0.3 is 0 Å². The van der Waals surface area contributed by atoms with Crippen LogP contribution in [0, 0.1) is 0 Å². The Morgan fingerprint density at radius 1 is 1.37 bits per heavy atom. The first-order valence-corrected chi connectivity index (χ1v) is 8.92. The van der Waals surface area contributed by atoms with Gasteiger partial charge in [-0.1, -0.05) is 27.3 Å². The van der Waals surface area contributed by atoms with Crippen LogP contribution in [0.4, 0.5) is 5.13 Å². The smallest absolute Gasteiger partial charge is 0.294 e. The third-order valence-corrected chi connectivity index (χ3v) is 4.34. The molecule has 0 radical (unpaired) electrons. The molecule has 13 heteroatoms. The molecule has 0 saturated carbocycles. The molecule has 2 amide bonds. The summed E-state index contributed by atoms with van der Waals surface area (Å²) < 4.78 is 0.766. The topological polar surface area (TPSA) is 158 Å². The number of hydrogen-bond donors (Lipinski definition) is 4. The number of phenolic OH excluding ortho intramolecular Hbond substituents is 1.